The molecule has 148 valence electrons. The highest BCUT2D eigenvalue weighted by Gasteiger charge is 2.06. The van der Waals surface area contributed by atoms with Crippen LogP contribution in [0.4, 0.5) is 4.39 Å². The fourth-order valence-corrected chi connectivity index (χ4v) is 3.28. The first-order valence-corrected chi connectivity index (χ1v) is 9.47. The number of aromatic nitrogens is 1. The summed E-state index contributed by atoms with van der Waals surface area (Å²) in [6.45, 7) is 2.34. The number of aliphatic imine (C=N–C) groups is 1. The molecular weight excluding hydrogens is 353 g/mol. The van der Waals surface area contributed by atoms with Crippen molar-refractivity contribution in [1.82, 2.24) is 20.5 Å². The second kappa shape index (κ2) is 9.37. The molecule has 0 saturated heterocycles. The molecule has 1 heterocycles. The number of nitrogens with zero attached hydrogens (tertiary/aromatic N) is 2. The van der Waals surface area contributed by atoms with Gasteiger partial charge in [0, 0.05) is 43.8 Å². The van der Waals surface area contributed by atoms with E-state index in [0.29, 0.717) is 13.1 Å². The van der Waals surface area contributed by atoms with Gasteiger partial charge in [0.15, 0.2) is 5.96 Å². The van der Waals surface area contributed by atoms with E-state index in [9.17, 15) is 4.39 Å². The Balaban J connectivity index is 1.51. The molecule has 3 N–H and O–H groups in total. The van der Waals surface area contributed by atoms with Crippen molar-refractivity contribution in [3.05, 3.63) is 71.2 Å². The van der Waals surface area contributed by atoms with Gasteiger partial charge in [-0.25, -0.2) is 4.39 Å². The van der Waals surface area contributed by atoms with E-state index >= 15 is 0 Å². The van der Waals surface area contributed by atoms with Crippen molar-refractivity contribution in [2.45, 2.75) is 19.5 Å². The number of fused-ring (bicyclic) bond motifs is 1. The summed E-state index contributed by atoms with van der Waals surface area (Å²) in [5, 5.41) is 7.61. The number of benzene rings is 2. The predicted molar refractivity (Wildman–Crippen MR) is 114 cm³/mol. The van der Waals surface area contributed by atoms with E-state index in [1.165, 1.54) is 17.2 Å². The first-order chi connectivity index (χ1) is 13.5. The predicted octanol–water partition coefficient (Wildman–Crippen LogP) is 3.28. The summed E-state index contributed by atoms with van der Waals surface area (Å²) in [7, 11) is 5.90. The minimum absolute atomic E-state index is 0.213. The van der Waals surface area contributed by atoms with Crippen LogP contribution >= 0.6 is 0 Å². The zero-order valence-electron chi connectivity index (χ0n) is 16.7. The number of rotatable bonds is 7. The van der Waals surface area contributed by atoms with Crippen LogP contribution in [0.15, 0.2) is 53.7 Å². The standard InChI is InChI=1S/C22H28FN5/c1-24-22(27-13-16-5-4-6-17(11-16)15-28(2)3)25-10-9-18-14-26-21-8-7-19(23)12-20(18)21/h4-8,11-12,14,26H,9-10,13,15H2,1-3H3,(H2,24,25,27). The number of halogens is 1. The Hall–Kier alpha value is -2.86. The lowest BCUT2D eigenvalue weighted by molar-refractivity contribution is 0.402. The fourth-order valence-electron chi connectivity index (χ4n) is 3.28. The molecule has 5 nitrogen and oxygen atoms in total. The highest BCUT2D eigenvalue weighted by atomic mass is 19.1. The van der Waals surface area contributed by atoms with E-state index < -0.39 is 0 Å². The largest absolute Gasteiger partial charge is 0.361 e. The Morgan fingerprint density at radius 1 is 1.11 bits per heavy atom. The SMILES string of the molecule is CN=C(NCCc1c[nH]c2ccc(F)cc12)NCc1cccc(CN(C)C)c1. The Kier molecular flexibility index (Phi) is 6.66. The minimum Gasteiger partial charge on any atom is -0.361 e. The van der Waals surface area contributed by atoms with Crippen LogP contribution in [0.5, 0.6) is 0 Å². The van der Waals surface area contributed by atoms with Crippen molar-refractivity contribution in [3.63, 3.8) is 0 Å². The summed E-state index contributed by atoms with van der Waals surface area (Å²) in [5.74, 6) is 0.541. The molecule has 28 heavy (non-hydrogen) atoms. The van der Waals surface area contributed by atoms with Crippen LogP contribution in [-0.2, 0) is 19.5 Å². The van der Waals surface area contributed by atoms with Gasteiger partial charge in [0.1, 0.15) is 5.82 Å². The van der Waals surface area contributed by atoms with E-state index in [4.69, 9.17) is 0 Å². The third kappa shape index (κ3) is 5.33. The molecule has 0 radical (unpaired) electrons. The first-order valence-electron chi connectivity index (χ1n) is 9.47. The lowest BCUT2D eigenvalue weighted by Gasteiger charge is -2.13. The van der Waals surface area contributed by atoms with Gasteiger partial charge in [-0.2, -0.15) is 0 Å². The van der Waals surface area contributed by atoms with Gasteiger partial charge in [-0.3, -0.25) is 4.99 Å². The molecule has 0 aliphatic rings. The third-order valence-corrected chi connectivity index (χ3v) is 4.59. The van der Waals surface area contributed by atoms with Gasteiger partial charge in [0.25, 0.3) is 0 Å². The smallest absolute Gasteiger partial charge is 0.191 e. The van der Waals surface area contributed by atoms with Crippen molar-refractivity contribution < 1.29 is 4.39 Å². The van der Waals surface area contributed by atoms with E-state index in [0.717, 1.165) is 35.4 Å². The van der Waals surface area contributed by atoms with Gasteiger partial charge >= 0.3 is 0 Å². The quantitative estimate of drug-likeness (QED) is 0.435. The normalized spacial score (nSPS) is 12.0. The Morgan fingerprint density at radius 2 is 1.93 bits per heavy atom. The van der Waals surface area contributed by atoms with Crippen molar-refractivity contribution in [2.75, 3.05) is 27.7 Å². The molecule has 0 bridgehead atoms. The van der Waals surface area contributed by atoms with Crippen LogP contribution in [0, 0.1) is 5.82 Å². The van der Waals surface area contributed by atoms with Crippen molar-refractivity contribution in [1.29, 1.82) is 0 Å². The Labute approximate surface area is 165 Å². The molecule has 1 aromatic heterocycles. The van der Waals surface area contributed by atoms with Crippen LogP contribution in [0.3, 0.4) is 0 Å². The van der Waals surface area contributed by atoms with Crippen molar-refractivity contribution in [3.8, 4) is 0 Å². The monoisotopic (exact) mass is 381 g/mol. The Morgan fingerprint density at radius 3 is 2.71 bits per heavy atom. The van der Waals surface area contributed by atoms with Crippen LogP contribution < -0.4 is 10.6 Å². The summed E-state index contributed by atoms with van der Waals surface area (Å²) in [6.07, 6.45) is 2.72. The van der Waals surface area contributed by atoms with Gasteiger partial charge in [0.05, 0.1) is 0 Å². The minimum atomic E-state index is -0.213. The maximum atomic E-state index is 13.5. The van der Waals surface area contributed by atoms with Gasteiger partial charge < -0.3 is 20.5 Å². The van der Waals surface area contributed by atoms with E-state index in [2.05, 4.69) is 63.9 Å². The molecule has 0 fully saturated rings. The summed E-state index contributed by atoms with van der Waals surface area (Å²) in [6, 6.07) is 13.4. The number of H-pyrrole nitrogens is 1. The maximum Gasteiger partial charge on any atom is 0.191 e. The average Bonchev–Trinajstić information content (AvgIpc) is 3.06. The Bertz CT molecular complexity index is 945. The molecule has 3 rings (SSSR count). The van der Waals surface area contributed by atoms with E-state index in [-0.39, 0.29) is 5.82 Å². The van der Waals surface area contributed by atoms with Gasteiger partial charge in [-0.05, 0) is 55.4 Å². The van der Waals surface area contributed by atoms with E-state index in [1.54, 1.807) is 19.2 Å². The summed E-state index contributed by atoms with van der Waals surface area (Å²) in [4.78, 5) is 9.63. The maximum absolute atomic E-state index is 13.5. The molecule has 0 unspecified atom stereocenters. The van der Waals surface area contributed by atoms with E-state index in [1.807, 2.05) is 6.20 Å². The highest BCUT2D eigenvalue weighted by Crippen LogP contribution is 2.19. The molecule has 0 atom stereocenters. The topological polar surface area (TPSA) is 55.5 Å². The number of guanidine groups is 1. The van der Waals surface area contributed by atoms with Crippen molar-refractivity contribution >= 4 is 16.9 Å². The first kappa shape index (κ1) is 19.9. The number of hydrogen-bond acceptors (Lipinski definition) is 2. The summed E-state index contributed by atoms with van der Waals surface area (Å²) in [5.41, 5.74) is 4.55. The van der Waals surface area contributed by atoms with Crippen LogP contribution in [0.2, 0.25) is 0 Å². The van der Waals surface area contributed by atoms with Crippen molar-refractivity contribution in [2.24, 2.45) is 4.99 Å². The van der Waals surface area contributed by atoms with Gasteiger partial charge in [0.2, 0.25) is 0 Å². The second-order valence-corrected chi connectivity index (χ2v) is 7.16. The third-order valence-electron chi connectivity index (χ3n) is 4.59. The highest BCUT2D eigenvalue weighted by molar-refractivity contribution is 5.83. The molecule has 0 aliphatic carbocycles. The number of hydrogen-bond donors (Lipinski definition) is 3. The zero-order valence-corrected chi connectivity index (χ0v) is 16.7. The van der Waals surface area contributed by atoms with Gasteiger partial charge in [-0.15, -0.1) is 0 Å². The lowest BCUT2D eigenvalue weighted by Crippen LogP contribution is -2.37. The molecule has 2 aromatic carbocycles. The molecule has 3 aromatic rings. The van der Waals surface area contributed by atoms with Crippen LogP contribution in [0.1, 0.15) is 16.7 Å². The lowest BCUT2D eigenvalue weighted by atomic mass is 10.1. The molecule has 0 aliphatic heterocycles. The number of aromatic amines is 1. The van der Waals surface area contributed by atoms with Crippen LogP contribution in [-0.4, -0.2) is 43.5 Å². The molecule has 6 heteroatoms. The van der Waals surface area contributed by atoms with Gasteiger partial charge in [-0.1, -0.05) is 24.3 Å². The second-order valence-electron chi connectivity index (χ2n) is 7.16. The molecule has 0 spiro atoms. The van der Waals surface area contributed by atoms with Crippen LogP contribution in [0.25, 0.3) is 10.9 Å². The fraction of sp³-hybridized carbons (Fsp3) is 0.318. The summed E-state index contributed by atoms with van der Waals surface area (Å²) < 4.78 is 13.5. The molecular formula is C22H28FN5. The molecule has 0 saturated carbocycles. The number of nitrogens with one attached hydrogen (secondary N) is 3. The molecule has 0 amide bonds. The zero-order chi connectivity index (χ0) is 19.9. The summed E-state index contributed by atoms with van der Waals surface area (Å²) >= 11 is 0. The average molecular weight is 381 g/mol.